The van der Waals surface area contributed by atoms with Crippen molar-refractivity contribution >= 4 is 66.7 Å². The first-order valence-electron chi connectivity index (χ1n) is 13.9. The molecule has 0 amide bonds. The highest BCUT2D eigenvalue weighted by Crippen LogP contribution is 2.36. The summed E-state index contributed by atoms with van der Waals surface area (Å²) in [6.45, 7) is 0. The van der Waals surface area contributed by atoms with Crippen molar-refractivity contribution in [3.8, 4) is 0 Å². The number of pyridine rings is 2. The van der Waals surface area contributed by atoms with Crippen LogP contribution in [0.15, 0.2) is 144 Å². The first-order chi connectivity index (χ1) is 20.9. The highest BCUT2D eigenvalue weighted by Gasteiger charge is 2.26. The third kappa shape index (κ3) is 3.20. The van der Waals surface area contributed by atoms with Crippen LogP contribution in [0.2, 0.25) is 0 Å². The summed E-state index contributed by atoms with van der Waals surface area (Å²) in [4.78, 5) is 20.5. The zero-order chi connectivity index (χ0) is 27.6. The summed E-state index contributed by atoms with van der Waals surface area (Å²) in [6.07, 6.45) is 3.62. The Morgan fingerprint density at radius 2 is 0.690 bits per heavy atom. The molecule has 4 aromatic heterocycles. The molecule has 8 aromatic rings. The maximum atomic E-state index is 5.36. The lowest BCUT2D eigenvalue weighted by molar-refractivity contribution is 1.13. The summed E-state index contributed by atoms with van der Waals surface area (Å²) in [6, 6.07) is 41.6. The molecule has 196 valence electrons. The molecule has 0 unspecified atom stereocenters. The van der Waals surface area contributed by atoms with Crippen LogP contribution < -0.4 is 0 Å². The normalized spacial score (nSPS) is 13.0. The van der Waals surface area contributed by atoms with E-state index < -0.39 is 0 Å². The predicted molar refractivity (Wildman–Crippen MR) is 171 cm³/mol. The Morgan fingerprint density at radius 1 is 0.357 bits per heavy atom. The van der Waals surface area contributed by atoms with Crippen molar-refractivity contribution in [1.82, 2.24) is 19.1 Å². The van der Waals surface area contributed by atoms with Crippen LogP contribution in [0.3, 0.4) is 0 Å². The Hall–Kier alpha value is -5.88. The van der Waals surface area contributed by atoms with Gasteiger partial charge in [0.15, 0.2) is 11.7 Å². The minimum Gasteiger partial charge on any atom is -0.292 e. The molecule has 0 saturated carbocycles. The second kappa shape index (κ2) is 8.81. The molecule has 1 aliphatic heterocycles. The van der Waals surface area contributed by atoms with Crippen LogP contribution in [0.25, 0.3) is 43.6 Å². The molecule has 1 aliphatic rings. The summed E-state index contributed by atoms with van der Waals surface area (Å²) in [5, 5.41) is 4.65. The van der Waals surface area contributed by atoms with Crippen molar-refractivity contribution in [1.29, 1.82) is 0 Å². The fourth-order valence-electron chi connectivity index (χ4n) is 6.27. The fraction of sp³-hybridized carbons (Fsp3) is 0. The molecule has 0 radical (unpaired) electrons. The lowest BCUT2D eigenvalue weighted by Gasteiger charge is -2.19. The molecular weight excluding hydrogens is 516 g/mol. The molecule has 6 heteroatoms. The van der Waals surface area contributed by atoms with E-state index in [-0.39, 0.29) is 0 Å². The van der Waals surface area contributed by atoms with E-state index in [1.54, 1.807) is 0 Å². The minimum atomic E-state index is 0.705. The van der Waals surface area contributed by atoms with Crippen LogP contribution in [0, 0.1) is 0 Å². The molecule has 0 spiro atoms. The number of hydrogen-bond acceptors (Lipinski definition) is 4. The number of aliphatic imine (C=N–C) groups is 2. The Balaban J connectivity index is 1.41. The average molecular weight is 539 g/mol. The number of aromatic nitrogens is 4. The monoisotopic (exact) mass is 538 g/mol. The topological polar surface area (TPSA) is 60.4 Å². The van der Waals surface area contributed by atoms with Crippen LogP contribution >= 0.6 is 0 Å². The standard InChI is InChI=1S/C36H22N6/c1-5-17-29-23(11-1)24-12-2-6-18-30(24)41(29)35-33-27(15-9-21-37-33)40-36(34-28(39-35)16-10-22-38-34)42-31-19-7-3-13-25(31)26-14-4-8-20-32(26)42/h1-22H. The van der Waals surface area contributed by atoms with Gasteiger partial charge in [-0.25, -0.2) is 9.98 Å². The van der Waals surface area contributed by atoms with Crippen molar-refractivity contribution in [2.75, 3.05) is 0 Å². The summed E-state index contributed by atoms with van der Waals surface area (Å²) in [5.41, 5.74) is 7.11. The van der Waals surface area contributed by atoms with Gasteiger partial charge in [0.05, 0.1) is 33.4 Å². The number of fused-ring (bicyclic) bond motifs is 8. The van der Waals surface area contributed by atoms with Crippen molar-refractivity contribution in [2.45, 2.75) is 0 Å². The molecule has 6 nitrogen and oxygen atoms in total. The molecule has 0 atom stereocenters. The number of para-hydroxylation sites is 4. The lowest BCUT2D eigenvalue weighted by atomic mass is 10.2. The molecule has 0 N–H and O–H groups in total. The van der Waals surface area contributed by atoms with E-state index in [0.717, 1.165) is 55.0 Å². The molecule has 0 saturated heterocycles. The van der Waals surface area contributed by atoms with Gasteiger partial charge in [0, 0.05) is 33.9 Å². The van der Waals surface area contributed by atoms with Gasteiger partial charge in [-0.1, -0.05) is 72.8 Å². The summed E-state index contributed by atoms with van der Waals surface area (Å²) in [5.74, 6) is 1.42. The van der Waals surface area contributed by atoms with E-state index in [4.69, 9.17) is 20.0 Å². The van der Waals surface area contributed by atoms with Gasteiger partial charge in [-0.2, -0.15) is 0 Å². The number of nitrogens with zero attached hydrogens (tertiary/aromatic N) is 6. The molecule has 42 heavy (non-hydrogen) atoms. The van der Waals surface area contributed by atoms with Crippen LogP contribution in [0.5, 0.6) is 0 Å². The molecule has 4 aromatic carbocycles. The maximum absolute atomic E-state index is 5.36. The van der Waals surface area contributed by atoms with Crippen LogP contribution in [-0.4, -0.2) is 30.8 Å². The average Bonchev–Trinajstić information content (AvgIpc) is 3.55. The van der Waals surface area contributed by atoms with Crippen molar-refractivity contribution in [2.24, 2.45) is 9.98 Å². The smallest absolute Gasteiger partial charge is 0.166 e. The minimum absolute atomic E-state index is 0.705. The van der Waals surface area contributed by atoms with Gasteiger partial charge in [0.2, 0.25) is 0 Å². The zero-order valence-corrected chi connectivity index (χ0v) is 22.4. The largest absolute Gasteiger partial charge is 0.292 e. The quantitative estimate of drug-likeness (QED) is 0.195. The van der Waals surface area contributed by atoms with Gasteiger partial charge in [0.1, 0.15) is 11.4 Å². The highest BCUT2D eigenvalue weighted by molar-refractivity contribution is 6.22. The van der Waals surface area contributed by atoms with E-state index in [9.17, 15) is 0 Å². The Labute approximate surface area is 240 Å². The Kier molecular flexibility index (Phi) is 4.80. The van der Waals surface area contributed by atoms with Crippen LogP contribution in [-0.2, 0) is 0 Å². The van der Waals surface area contributed by atoms with Gasteiger partial charge in [-0.05, 0) is 48.5 Å². The molecule has 0 aliphatic carbocycles. The first-order valence-corrected chi connectivity index (χ1v) is 13.9. The predicted octanol–water partition coefficient (Wildman–Crippen LogP) is 8.26. The number of rotatable bonds is 0. The highest BCUT2D eigenvalue weighted by atomic mass is 15.1. The van der Waals surface area contributed by atoms with E-state index in [1.165, 1.54) is 0 Å². The van der Waals surface area contributed by atoms with E-state index in [2.05, 4.69) is 106 Å². The molecule has 0 bridgehead atoms. The first kappa shape index (κ1) is 22.9. The van der Waals surface area contributed by atoms with Gasteiger partial charge in [-0.15, -0.1) is 0 Å². The van der Waals surface area contributed by atoms with Crippen molar-refractivity contribution in [3.05, 3.63) is 145 Å². The van der Waals surface area contributed by atoms with Gasteiger partial charge >= 0.3 is 0 Å². The third-order valence-corrected chi connectivity index (χ3v) is 8.03. The summed E-state index contributed by atoms with van der Waals surface area (Å²) < 4.78 is 4.41. The molecular formula is C36H22N6. The zero-order valence-electron chi connectivity index (χ0n) is 22.4. The SMILES string of the molecule is c1cnc2c(c1)N=C(n1c3ccccc3c3ccccc31)c1ncccc1N=C2n1c2ccccc2c2ccccc21. The third-order valence-electron chi connectivity index (χ3n) is 8.03. The second-order valence-corrected chi connectivity index (χ2v) is 10.4. The van der Waals surface area contributed by atoms with E-state index in [1.807, 2.05) is 36.7 Å². The Morgan fingerprint density at radius 3 is 1.05 bits per heavy atom. The maximum Gasteiger partial charge on any atom is 0.166 e. The van der Waals surface area contributed by atoms with E-state index in [0.29, 0.717) is 23.1 Å². The second-order valence-electron chi connectivity index (χ2n) is 10.4. The van der Waals surface area contributed by atoms with Gasteiger partial charge < -0.3 is 0 Å². The van der Waals surface area contributed by atoms with Crippen LogP contribution in [0.4, 0.5) is 11.4 Å². The lowest BCUT2D eigenvalue weighted by Crippen LogP contribution is -2.20. The molecule has 0 fully saturated rings. The number of hydrogen-bond donors (Lipinski definition) is 0. The molecule has 9 rings (SSSR count). The summed E-state index contributed by atoms with van der Waals surface area (Å²) in [7, 11) is 0. The Bertz CT molecular complexity index is 2150. The van der Waals surface area contributed by atoms with Gasteiger partial charge in [0.25, 0.3) is 0 Å². The van der Waals surface area contributed by atoms with Crippen LogP contribution in [0.1, 0.15) is 11.4 Å². The van der Waals surface area contributed by atoms with Gasteiger partial charge in [-0.3, -0.25) is 19.1 Å². The summed E-state index contributed by atoms with van der Waals surface area (Å²) >= 11 is 0. The number of benzene rings is 4. The fourth-order valence-corrected chi connectivity index (χ4v) is 6.27. The van der Waals surface area contributed by atoms with Crippen molar-refractivity contribution in [3.63, 3.8) is 0 Å². The van der Waals surface area contributed by atoms with Crippen molar-refractivity contribution < 1.29 is 0 Å². The molecule has 5 heterocycles. The van der Waals surface area contributed by atoms with E-state index >= 15 is 0 Å².